The predicted molar refractivity (Wildman–Crippen MR) is 150 cm³/mol. The number of para-hydroxylation sites is 2. The van der Waals surface area contributed by atoms with Crippen LogP contribution in [0.15, 0.2) is 54.6 Å². The second-order valence-corrected chi connectivity index (χ2v) is 11.0. The maximum atomic E-state index is 13.4. The number of likely N-dealkylation sites (N-methyl/N-ethyl adjacent to an activating group) is 1. The Morgan fingerprint density at radius 2 is 1.87 bits per heavy atom. The van der Waals surface area contributed by atoms with E-state index >= 15 is 0 Å². The van der Waals surface area contributed by atoms with Crippen LogP contribution in [0.3, 0.4) is 0 Å². The van der Waals surface area contributed by atoms with Crippen molar-refractivity contribution >= 4 is 6.03 Å². The maximum absolute atomic E-state index is 13.4. The summed E-state index contributed by atoms with van der Waals surface area (Å²) in [6.07, 6.45) is 7.53. The van der Waals surface area contributed by atoms with Crippen molar-refractivity contribution in [3.8, 4) is 11.5 Å². The van der Waals surface area contributed by atoms with Gasteiger partial charge in [0.1, 0.15) is 11.5 Å². The predicted octanol–water partition coefficient (Wildman–Crippen LogP) is 5.29. The van der Waals surface area contributed by atoms with E-state index in [0.717, 1.165) is 55.9 Å². The maximum Gasteiger partial charge on any atom is 0.317 e. The fraction of sp³-hybridized carbons (Fsp3) is 0.581. The van der Waals surface area contributed by atoms with Gasteiger partial charge in [0.2, 0.25) is 0 Å². The van der Waals surface area contributed by atoms with Crippen molar-refractivity contribution in [1.29, 1.82) is 0 Å². The van der Waals surface area contributed by atoms with E-state index in [9.17, 15) is 9.90 Å². The van der Waals surface area contributed by atoms with Crippen LogP contribution in [-0.2, 0) is 10.3 Å². The van der Waals surface area contributed by atoms with Crippen molar-refractivity contribution in [3.63, 3.8) is 0 Å². The molecule has 1 saturated carbocycles. The molecule has 2 aliphatic rings. The molecular weight excluding hydrogens is 478 g/mol. The van der Waals surface area contributed by atoms with Gasteiger partial charge in [-0.2, -0.15) is 0 Å². The molecule has 3 atom stereocenters. The van der Waals surface area contributed by atoms with Gasteiger partial charge in [0.05, 0.1) is 5.60 Å². The average Bonchev–Trinajstić information content (AvgIpc) is 3.76. The first-order valence-corrected chi connectivity index (χ1v) is 14.3. The van der Waals surface area contributed by atoms with Crippen molar-refractivity contribution in [3.05, 3.63) is 60.2 Å². The highest BCUT2D eigenvalue weighted by Gasteiger charge is 2.43. The number of amides is 2. The number of likely N-dealkylation sites (tertiary alicyclic amines) is 1. The number of unbranched alkanes of at least 4 members (excludes halogenated alkanes) is 1. The molecule has 1 saturated heterocycles. The number of nitrogens with zero attached hydrogens (tertiary/aromatic N) is 1. The summed E-state index contributed by atoms with van der Waals surface area (Å²) in [5, 5.41) is 19.0. The molecule has 2 aromatic carbocycles. The molecule has 0 radical (unpaired) electrons. The third-order valence-electron chi connectivity index (χ3n) is 7.96. The minimum Gasteiger partial charge on any atom is -0.457 e. The van der Waals surface area contributed by atoms with Gasteiger partial charge >= 0.3 is 6.03 Å². The Hall–Kier alpha value is -2.61. The standard InChI is InChI=1S/C31H45N3O4/c1-32-22-26(21-24-16-17-24)33-30(35)34-19-10-11-25(23-34)31(36,18-8-9-20-37-2)28-14-6-7-15-29(28)38-27-12-4-3-5-13-27/h3-7,12-15,24-26,32,36H,8-11,16-23H2,1-2H3,(H,33,35)/t25-,26+,31+/m1/s1. The summed E-state index contributed by atoms with van der Waals surface area (Å²) in [4.78, 5) is 15.3. The Kier molecular flexibility index (Phi) is 10.4. The number of piperidine rings is 1. The normalized spacial score (nSPS) is 20.0. The van der Waals surface area contributed by atoms with Crippen molar-refractivity contribution in [2.24, 2.45) is 11.8 Å². The second kappa shape index (κ2) is 14.0. The minimum absolute atomic E-state index is 0.0221. The number of carbonyl (C=O) groups is 1. The molecule has 1 aliphatic heterocycles. The molecular formula is C31H45N3O4. The number of carbonyl (C=O) groups excluding carboxylic acids is 1. The van der Waals surface area contributed by atoms with Gasteiger partial charge in [-0.1, -0.05) is 49.2 Å². The molecule has 7 nitrogen and oxygen atoms in total. The first kappa shape index (κ1) is 28.4. The number of hydrogen-bond acceptors (Lipinski definition) is 5. The van der Waals surface area contributed by atoms with Crippen LogP contribution in [0.25, 0.3) is 0 Å². The Morgan fingerprint density at radius 1 is 1.11 bits per heavy atom. The summed E-state index contributed by atoms with van der Waals surface area (Å²) in [5.41, 5.74) is -0.341. The Balaban J connectivity index is 1.54. The van der Waals surface area contributed by atoms with E-state index in [1.165, 1.54) is 12.8 Å². The van der Waals surface area contributed by atoms with Gasteiger partial charge in [-0.15, -0.1) is 0 Å². The third kappa shape index (κ3) is 7.71. The molecule has 1 heterocycles. The van der Waals surface area contributed by atoms with Crippen LogP contribution in [0.5, 0.6) is 11.5 Å². The molecule has 3 N–H and O–H groups in total. The topological polar surface area (TPSA) is 83.1 Å². The molecule has 2 aromatic rings. The molecule has 0 aromatic heterocycles. The van der Waals surface area contributed by atoms with E-state index in [1.807, 2.05) is 66.5 Å². The van der Waals surface area contributed by atoms with E-state index in [1.54, 1.807) is 7.11 Å². The van der Waals surface area contributed by atoms with Crippen LogP contribution in [0.1, 0.15) is 56.9 Å². The zero-order valence-corrected chi connectivity index (χ0v) is 23.0. The zero-order valence-electron chi connectivity index (χ0n) is 23.0. The van der Waals surface area contributed by atoms with Gasteiger partial charge in [0, 0.05) is 50.9 Å². The summed E-state index contributed by atoms with van der Waals surface area (Å²) in [7, 11) is 3.64. The number of aliphatic hydroxyl groups is 1. The van der Waals surface area contributed by atoms with Crippen LogP contribution in [-0.4, -0.2) is 62.5 Å². The smallest absolute Gasteiger partial charge is 0.317 e. The Labute approximate surface area is 227 Å². The van der Waals surface area contributed by atoms with Gasteiger partial charge in [-0.25, -0.2) is 4.79 Å². The molecule has 208 valence electrons. The molecule has 0 unspecified atom stereocenters. The highest BCUT2D eigenvalue weighted by molar-refractivity contribution is 5.74. The summed E-state index contributed by atoms with van der Waals surface area (Å²) in [5.74, 6) is 2.03. The van der Waals surface area contributed by atoms with E-state index in [0.29, 0.717) is 31.9 Å². The molecule has 2 fully saturated rings. The fourth-order valence-corrected chi connectivity index (χ4v) is 5.74. The number of benzene rings is 2. The molecule has 0 spiro atoms. The van der Waals surface area contributed by atoms with Gasteiger partial charge in [-0.05, 0) is 69.7 Å². The van der Waals surface area contributed by atoms with Crippen molar-refractivity contribution in [2.75, 3.05) is 40.4 Å². The molecule has 38 heavy (non-hydrogen) atoms. The summed E-state index contributed by atoms with van der Waals surface area (Å²) >= 11 is 0. The van der Waals surface area contributed by atoms with Gasteiger partial charge in [-0.3, -0.25) is 0 Å². The number of nitrogens with one attached hydrogen (secondary N) is 2. The van der Waals surface area contributed by atoms with Crippen molar-refractivity contribution < 1.29 is 19.4 Å². The van der Waals surface area contributed by atoms with Crippen molar-refractivity contribution in [2.45, 2.75) is 63.0 Å². The number of methoxy groups -OCH3 is 1. The highest BCUT2D eigenvalue weighted by Crippen LogP contribution is 2.44. The number of rotatable bonds is 14. The average molecular weight is 524 g/mol. The first-order valence-electron chi connectivity index (χ1n) is 14.3. The highest BCUT2D eigenvalue weighted by atomic mass is 16.5. The monoisotopic (exact) mass is 523 g/mol. The largest absolute Gasteiger partial charge is 0.457 e. The van der Waals surface area contributed by atoms with Crippen LogP contribution in [0, 0.1) is 11.8 Å². The lowest BCUT2D eigenvalue weighted by atomic mass is 9.73. The van der Waals surface area contributed by atoms with Gasteiger partial charge < -0.3 is 30.1 Å². The second-order valence-electron chi connectivity index (χ2n) is 11.0. The first-order chi connectivity index (χ1) is 18.5. The molecule has 7 heteroatoms. The molecule has 4 rings (SSSR count). The van der Waals surface area contributed by atoms with Crippen LogP contribution >= 0.6 is 0 Å². The molecule has 2 amide bonds. The van der Waals surface area contributed by atoms with Gasteiger partial charge in [0.25, 0.3) is 0 Å². The number of urea groups is 1. The fourth-order valence-electron chi connectivity index (χ4n) is 5.74. The molecule has 0 bridgehead atoms. The Bertz CT molecular complexity index is 1000. The van der Waals surface area contributed by atoms with E-state index in [-0.39, 0.29) is 18.0 Å². The van der Waals surface area contributed by atoms with Crippen molar-refractivity contribution in [1.82, 2.24) is 15.5 Å². The summed E-state index contributed by atoms with van der Waals surface area (Å²) < 4.78 is 11.6. The van der Waals surface area contributed by atoms with E-state index in [2.05, 4.69) is 10.6 Å². The quantitative estimate of drug-likeness (QED) is 0.293. The zero-order chi connectivity index (χ0) is 26.8. The number of hydrogen-bond donors (Lipinski definition) is 3. The van der Waals surface area contributed by atoms with E-state index in [4.69, 9.17) is 9.47 Å². The minimum atomic E-state index is -1.13. The lowest BCUT2D eigenvalue weighted by Crippen LogP contribution is -2.53. The van der Waals surface area contributed by atoms with Gasteiger partial charge in [0.15, 0.2) is 0 Å². The SMILES string of the molecule is CNC[C@H](CC1CC1)NC(=O)N1CCC[C@@H]([C@@](O)(CCCCOC)c2ccccc2Oc2ccccc2)C1. The molecule has 1 aliphatic carbocycles. The lowest BCUT2D eigenvalue weighted by Gasteiger charge is -2.43. The lowest BCUT2D eigenvalue weighted by molar-refractivity contribution is -0.0575. The van der Waals surface area contributed by atoms with Crippen LogP contribution < -0.4 is 15.4 Å². The summed E-state index contributed by atoms with van der Waals surface area (Å²) in [6.45, 7) is 2.65. The van der Waals surface area contributed by atoms with E-state index < -0.39 is 5.60 Å². The number of ether oxygens (including phenoxy) is 2. The van der Waals surface area contributed by atoms with Crippen LogP contribution in [0.4, 0.5) is 4.79 Å². The Morgan fingerprint density at radius 3 is 2.61 bits per heavy atom. The van der Waals surface area contributed by atoms with Crippen LogP contribution in [0.2, 0.25) is 0 Å². The summed E-state index contributed by atoms with van der Waals surface area (Å²) in [6, 6.07) is 17.6. The third-order valence-corrected chi connectivity index (χ3v) is 7.96.